The highest BCUT2D eigenvalue weighted by atomic mass is 127. The van der Waals surface area contributed by atoms with E-state index in [4.69, 9.17) is 4.74 Å². The Morgan fingerprint density at radius 1 is 1.18 bits per heavy atom. The van der Waals surface area contributed by atoms with Gasteiger partial charge in [-0.15, -0.1) is 0 Å². The maximum absolute atomic E-state index is 5.37. The van der Waals surface area contributed by atoms with Crippen LogP contribution in [0.2, 0.25) is 0 Å². The van der Waals surface area contributed by atoms with E-state index in [1.807, 2.05) is 0 Å². The average molecular weight is 341 g/mol. The Hall–Kier alpha value is -0.950. The highest BCUT2D eigenvalue weighted by Gasteiger charge is 2.15. The predicted molar refractivity (Wildman–Crippen MR) is 75.3 cm³/mol. The monoisotopic (exact) mass is 341 g/mol. The molecule has 0 unspecified atom stereocenters. The van der Waals surface area contributed by atoms with Crippen LogP contribution in [0.1, 0.15) is 0 Å². The summed E-state index contributed by atoms with van der Waals surface area (Å²) in [6.45, 7) is 3.35. The molecule has 5 heteroatoms. The largest absolute Gasteiger partial charge is 0.378 e. The zero-order valence-corrected chi connectivity index (χ0v) is 11.4. The lowest BCUT2D eigenvalue weighted by molar-refractivity contribution is 0.122. The number of nitrogens with zero attached hydrogens (tertiary/aromatic N) is 3. The number of fused-ring (bicyclic) bond motifs is 1. The van der Waals surface area contributed by atoms with Crippen LogP contribution in [-0.2, 0) is 4.74 Å². The third-order valence-electron chi connectivity index (χ3n) is 2.89. The van der Waals surface area contributed by atoms with Crippen LogP contribution in [0.4, 0.5) is 5.82 Å². The minimum atomic E-state index is 0.774. The highest BCUT2D eigenvalue weighted by molar-refractivity contribution is 14.1. The molecule has 17 heavy (non-hydrogen) atoms. The zero-order chi connectivity index (χ0) is 11.7. The normalized spacial score (nSPS) is 16.4. The van der Waals surface area contributed by atoms with Crippen LogP contribution in [0.3, 0.4) is 0 Å². The third-order valence-corrected chi connectivity index (χ3v) is 3.56. The Balaban J connectivity index is 2.09. The summed E-state index contributed by atoms with van der Waals surface area (Å²) in [5.74, 6) is 1.02. The van der Waals surface area contributed by atoms with Gasteiger partial charge in [0.05, 0.1) is 18.7 Å². The second-order valence-electron chi connectivity index (χ2n) is 3.96. The van der Waals surface area contributed by atoms with Crippen molar-refractivity contribution in [2.24, 2.45) is 0 Å². The fraction of sp³-hybridized carbons (Fsp3) is 0.333. The number of hydrogen-bond donors (Lipinski definition) is 0. The van der Waals surface area contributed by atoms with Crippen LogP contribution in [0, 0.1) is 3.57 Å². The Morgan fingerprint density at radius 2 is 2.00 bits per heavy atom. The summed E-state index contributed by atoms with van der Waals surface area (Å²) >= 11 is 2.30. The maximum atomic E-state index is 5.37. The zero-order valence-electron chi connectivity index (χ0n) is 9.27. The van der Waals surface area contributed by atoms with Gasteiger partial charge in [0, 0.05) is 22.0 Å². The van der Waals surface area contributed by atoms with E-state index >= 15 is 0 Å². The summed E-state index contributed by atoms with van der Waals surface area (Å²) in [6.07, 6.45) is 1.64. The van der Waals surface area contributed by atoms with Crippen molar-refractivity contribution < 1.29 is 4.74 Å². The van der Waals surface area contributed by atoms with Crippen molar-refractivity contribution in [1.82, 2.24) is 9.97 Å². The molecule has 1 saturated heterocycles. The van der Waals surface area contributed by atoms with Crippen LogP contribution in [0.25, 0.3) is 10.9 Å². The number of rotatable bonds is 1. The molecule has 0 N–H and O–H groups in total. The summed E-state index contributed by atoms with van der Waals surface area (Å²) in [6, 6.07) is 6.28. The number of halogens is 1. The fourth-order valence-corrected chi connectivity index (χ4v) is 2.52. The molecule has 0 atom stereocenters. The lowest BCUT2D eigenvalue weighted by Gasteiger charge is -2.28. The van der Waals surface area contributed by atoms with Crippen molar-refractivity contribution in [1.29, 1.82) is 0 Å². The van der Waals surface area contributed by atoms with Gasteiger partial charge in [-0.3, -0.25) is 0 Å². The first kappa shape index (κ1) is 11.2. The molecular formula is C12H12IN3O. The van der Waals surface area contributed by atoms with Gasteiger partial charge >= 0.3 is 0 Å². The molecule has 1 fully saturated rings. The summed E-state index contributed by atoms with van der Waals surface area (Å²) in [5, 5.41) is 1.12. The van der Waals surface area contributed by atoms with Crippen molar-refractivity contribution in [3.8, 4) is 0 Å². The molecule has 1 aliphatic heterocycles. The Labute approximate surface area is 113 Å². The number of benzene rings is 1. The smallest absolute Gasteiger partial charge is 0.140 e. The van der Waals surface area contributed by atoms with Gasteiger partial charge in [0.15, 0.2) is 0 Å². The van der Waals surface area contributed by atoms with Crippen LogP contribution >= 0.6 is 22.6 Å². The molecule has 0 radical (unpaired) electrons. The molecular weight excluding hydrogens is 329 g/mol. The van der Waals surface area contributed by atoms with E-state index in [-0.39, 0.29) is 0 Å². The molecule has 1 aliphatic rings. The number of morpholine rings is 1. The van der Waals surface area contributed by atoms with Gasteiger partial charge in [0.1, 0.15) is 12.1 Å². The molecule has 4 nitrogen and oxygen atoms in total. The average Bonchev–Trinajstić information content (AvgIpc) is 2.39. The molecule has 3 rings (SSSR count). The van der Waals surface area contributed by atoms with Gasteiger partial charge in [-0.05, 0) is 40.8 Å². The van der Waals surface area contributed by atoms with Crippen molar-refractivity contribution in [3.63, 3.8) is 0 Å². The van der Waals surface area contributed by atoms with Gasteiger partial charge in [0.25, 0.3) is 0 Å². The second-order valence-corrected chi connectivity index (χ2v) is 5.20. The van der Waals surface area contributed by atoms with Crippen LogP contribution in [0.5, 0.6) is 0 Å². The number of anilines is 1. The lowest BCUT2D eigenvalue weighted by Crippen LogP contribution is -2.36. The summed E-state index contributed by atoms with van der Waals surface area (Å²) in [5.41, 5.74) is 1.01. The van der Waals surface area contributed by atoms with E-state index in [9.17, 15) is 0 Å². The quantitative estimate of drug-likeness (QED) is 0.745. The van der Waals surface area contributed by atoms with E-state index in [0.717, 1.165) is 43.0 Å². The maximum Gasteiger partial charge on any atom is 0.140 e. The summed E-state index contributed by atoms with van der Waals surface area (Å²) in [7, 11) is 0. The van der Waals surface area contributed by atoms with Crippen molar-refractivity contribution in [3.05, 3.63) is 28.1 Å². The predicted octanol–water partition coefficient (Wildman–Crippen LogP) is 2.07. The van der Waals surface area contributed by atoms with Gasteiger partial charge in [-0.1, -0.05) is 0 Å². The van der Waals surface area contributed by atoms with E-state index in [2.05, 4.69) is 55.7 Å². The van der Waals surface area contributed by atoms with Gasteiger partial charge < -0.3 is 9.64 Å². The fourth-order valence-electron chi connectivity index (χ4n) is 2.04. The van der Waals surface area contributed by atoms with Crippen LogP contribution in [-0.4, -0.2) is 36.3 Å². The number of ether oxygens (including phenoxy) is 1. The molecule has 0 spiro atoms. The first-order valence-corrected chi connectivity index (χ1v) is 6.65. The van der Waals surface area contributed by atoms with Gasteiger partial charge in [0.2, 0.25) is 0 Å². The molecule has 2 aromatic rings. The SMILES string of the molecule is Ic1ccc2c(N3CCOCC3)ncnc2c1. The Bertz CT molecular complexity index is 540. The first-order chi connectivity index (χ1) is 8.34. The Morgan fingerprint density at radius 3 is 2.82 bits per heavy atom. The Kier molecular flexibility index (Phi) is 3.11. The number of hydrogen-bond acceptors (Lipinski definition) is 4. The van der Waals surface area contributed by atoms with E-state index in [1.54, 1.807) is 6.33 Å². The summed E-state index contributed by atoms with van der Waals surface area (Å²) < 4.78 is 6.56. The lowest BCUT2D eigenvalue weighted by atomic mass is 10.2. The minimum Gasteiger partial charge on any atom is -0.378 e. The van der Waals surface area contributed by atoms with Crippen LogP contribution < -0.4 is 4.90 Å². The first-order valence-electron chi connectivity index (χ1n) is 5.57. The number of aromatic nitrogens is 2. The van der Waals surface area contributed by atoms with Crippen molar-refractivity contribution >= 4 is 39.3 Å². The molecule has 2 heterocycles. The van der Waals surface area contributed by atoms with E-state index in [0.29, 0.717) is 0 Å². The van der Waals surface area contributed by atoms with Crippen molar-refractivity contribution in [2.45, 2.75) is 0 Å². The van der Waals surface area contributed by atoms with E-state index < -0.39 is 0 Å². The second kappa shape index (κ2) is 4.73. The molecule has 0 bridgehead atoms. The summed E-state index contributed by atoms with van der Waals surface area (Å²) in [4.78, 5) is 11.0. The van der Waals surface area contributed by atoms with Crippen molar-refractivity contribution in [2.75, 3.05) is 31.2 Å². The highest BCUT2D eigenvalue weighted by Crippen LogP contribution is 2.24. The molecule has 0 aliphatic carbocycles. The van der Waals surface area contributed by atoms with Crippen LogP contribution in [0.15, 0.2) is 24.5 Å². The van der Waals surface area contributed by atoms with Gasteiger partial charge in [-0.2, -0.15) is 0 Å². The van der Waals surface area contributed by atoms with E-state index in [1.165, 1.54) is 3.57 Å². The molecule has 0 amide bonds. The molecule has 1 aromatic heterocycles. The molecule has 1 aromatic carbocycles. The van der Waals surface area contributed by atoms with Gasteiger partial charge in [-0.25, -0.2) is 9.97 Å². The molecule has 0 saturated carbocycles. The molecule has 88 valence electrons. The standard InChI is InChI=1S/C12H12IN3O/c13-9-1-2-10-11(7-9)14-8-15-12(10)16-3-5-17-6-4-16/h1-2,7-8H,3-6H2. The topological polar surface area (TPSA) is 38.2 Å². The minimum absolute atomic E-state index is 0.774. The third kappa shape index (κ3) is 2.21.